The third-order valence-electron chi connectivity index (χ3n) is 4.66. The van der Waals surface area contributed by atoms with Crippen molar-refractivity contribution in [3.63, 3.8) is 0 Å². The Morgan fingerprint density at radius 1 is 1.35 bits per heavy atom. The molecule has 3 nitrogen and oxygen atoms in total. The molecule has 0 spiro atoms. The minimum Gasteiger partial charge on any atom is -0.308 e. The molecule has 0 radical (unpaired) electrons. The summed E-state index contributed by atoms with van der Waals surface area (Å²) in [5, 5.41) is 8.38. The lowest BCUT2D eigenvalue weighted by atomic mass is 9.78. The van der Waals surface area contributed by atoms with Gasteiger partial charge in [0.2, 0.25) is 0 Å². The van der Waals surface area contributed by atoms with Crippen LogP contribution in [0.3, 0.4) is 0 Å². The number of rotatable bonds is 5. The van der Waals surface area contributed by atoms with Gasteiger partial charge in [0.15, 0.2) is 0 Å². The summed E-state index contributed by atoms with van der Waals surface area (Å²) in [6.07, 6.45) is 5.47. The highest BCUT2D eigenvalue weighted by Gasteiger charge is 2.27. The number of nitrogens with zero attached hydrogens (tertiary/aromatic N) is 2. The first kappa shape index (κ1) is 16.0. The summed E-state index contributed by atoms with van der Waals surface area (Å²) in [6, 6.07) is 0.663. The van der Waals surface area contributed by atoms with Gasteiger partial charge in [-0.25, -0.2) is 0 Å². The molecule has 1 heterocycles. The maximum absolute atomic E-state index is 4.58. The molecule has 1 aliphatic carbocycles. The molecule has 2 atom stereocenters. The summed E-state index contributed by atoms with van der Waals surface area (Å²) in [5.74, 6) is 1.59. The van der Waals surface area contributed by atoms with Crippen LogP contribution in [-0.4, -0.2) is 15.8 Å². The topological polar surface area (TPSA) is 29.9 Å². The standard InChI is InChI=1S/C16H28BrN3/c1-5-20-15(16(17)12(4)19-20)10-18-14-9-7-6-8-13(14)11(2)3/h11,13-14,18H,5-10H2,1-4H3. The van der Waals surface area contributed by atoms with Gasteiger partial charge < -0.3 is 5.32 Å². The van der Waals surface area contributed by atoms with Crippen LogP contribution in [-0.2, 0) is 13.1 Å². The molecule has 1 aromatic heterocycles. The molecule has 0 bridgehead atoms. The van der Waals surface area contributed by atoms with Crippen LogP contribution in [0.25, 0.3) is 0 Å². The molecule has 0 amide bonds. The maximum Gasteiger partial charge on any atom is 0.0739 e. The highest BCUT2D eigenvalue weighted by molar-refractivity contribution is 9.10. The lowest BCUT2D eigenvalue weighted by molar-refractivity contribution is 0.203. The maximum atomic E-state index is 4.58. The van der Waals surface area contributed by atoms with Crippen molar-refractivity contribution < 1.29 is 0 Å². The quantitative estimate of drug-likeness (QED) is 0.866. The van der Waals surface area contributed by atoms with Crippen molar-refractivity contribution >= 4 is 15.9 Å². The predicted octanol–water partition coefficient (Wildman–Crippen LogP) is 4.28. The summed E-state index contributed by atoms with van der Waals surface area (Å²) < 4.78 is 3.28. The Hall–Kier alpha value is -0.350. The Balaban J connectivity index is 2.04. The fourth-order valence-corrected chi connectivity index (χ4v) is 3.90. The van der Waals surface area contributed by atoms with E-state index in [9.17, 15) is 0 Å². The Bertz CT molecular complexity index is 439. The summed E-state index contributed by atoms with van der Waals surface area (Å²) in [5.41, 5.74) is 2.38. The zero-order chi connectivity index (χ0) is 14.7. The first-order valence-electron chi connectivity index (χ1n) is 7.99. The lowest BCUT2D eigenvalue weighted by Crippen LogP contribution is -2.40. The number of halogens is 1. The molecule has 20 heavy (non-hydrogen) atoms. The molecule has 2 unspecified atom stereocenters. The average Bonchev–Trinajstić information content (AvgIpc) is 2.72. The molecule has 0 aromatic carbocycles. The summed E-state index contributed by atoms with van der Waals surface area (Å²) in [7, 11) is 0. The SMILES string of the molecule is CCn1nc(C)c(Br)c1CNC1CCCCC1C(C)C. The molecule has 1 aromatic rings. The summed E-state index contributed by atoms with van der Waals surface area (Å²) in [4.78, 5) is 0. The second-order valence-corrected chi connectivity index (χ2v) is 7.13. The van der Waals surface area contributed by atoms with E-state index in [-0.39, 0.29) is 0 Å². The van der Waals surface area contributed by atoms with Crippen LogP contribution in [0.5, 0.6) is 0 Å². The van der Waals surface area contributed by atoms with Crippen LogP contribution < -0.4 is 5.32 Å². The van der Waals surface area contributed by atoms with Gasteiger partial charge in [0, 0.05) is 19.1 Å². The van der Waals surface area contributed by atoms with Crippen molar-refractivity contribution in [3.8, 4) is 0 Å². The van der Waals surface area contributed by atoms with Gasteiger partial charge in [-0.1, -0.05) is 26.7 Å². The van der Waals surface area contributed by atoms with Gasteiger partial charge in [-0.2, -0.15) is 5.10 Å². The van der Waals surface area contributed by atoms with Crippen molar-refractivity contribution in [3.05, 3.63) is 15.9 Å². The van der Waals surface area contributed by atoms with Crippen LogP contribution in [0.1, 0.15) is 57.8 Å². The zero-order valence-electron chi connectivity index (χ0n) is 13.2. The third-order valence-corrected chi connectivity index (χ3v) is 5.69. The van der Waals surface area contributed by atoms with E-state index in [1.54, 1.807) is 0 Å². The van der Waals surface area contributed by atoms with Gasteiger partial charge in [0.1, 0.15) is 0 Å². The smallest absolute Gasteiger partial charge is 0.0739 e. The Kier molecular flexibility index (Phi) is 5.67. The molecule has 1 saturated carbocycles. The Morgan fingerprint density at radius 2 is 2.05 bits per heavy atom. The van der Waals surface area contributed by atoms with Gasteiger partial charge in [-0.15, -0.1) is 0 Å². The fourth-order valence-electron chi connectivity index (χ4n) is 3.48. The number of nitrogens with one attached hydrogen (secondary N) is 1. The van der Waals surface area contributed by atoms with Gasteiger partial charge in [0.05, 0.1) is 15.9 Å². The van der Waals surface area contributed by atoms with Crippen molar-refractivity contribution in [2.75, 3.05) is 0 Å². The molecule has 0 saturated heterocycles. The molecule has 1 fully saturated rings. The number of hydrogen-bond donors (Lipinski definition) is 1. The number of hydrogen-bond acceptors (Lipinski definition) is 2. The molecule has 0 aliphatic heterocycles. The van der Waals surface area contributed by atoms with E-state index in [1.807, 2.05) is 0 Å². The third kappa shape index (κ3) is 3.45. The van der Waals surface area contributed by atoms with Gasteiger partial charge >= 0.3 is 0 Å². The normalized spacial score (nSPS) is 23.5. The molecule has 2 rings (SSSR count). The van der Waals surface area contributed by atoms with Gasteiger partial charge in [-0.05, 0) is 54.5 Å². The van der Waals surface area contributed by atoms with Crippen molar-refractivity contribution in [2.45, 2.75) is 72.5 Å². The number of aryl methyl sites for hydroxylation is 2. The van der Waals surface area contributed by atoms with E-state index in [0.717, 1.165) is 30.6 Å². The predicted molar refractivity (Wildman–Crippen MR) is 87.8 cm³/mol. The molecular formula is C16H28BrN3. The zero-order valence-corrected chi connectivity index (χ0v) is 14.8. The Morgan fingerprint density at radius 3 is 2.70 bits per heavy atom. The average molecular weight is 342 g/mol. The van der Waals surface area contributed by atoms with Crippen LogP contribution in [0.4, 0.5) is 0 Å². The van der Waals surface area contributed by atoms with Crippen LogP contribution >= 0.6 is 15.9 Å². The lowest BCUT2D eigenvalue weighted by Gasteiger charge is -2.35. The molecule has 4 heteroatoms. The fraction of sp³-hybridized carbons (Fsp3) is 0.812. The summed E-state index contributed by atoms with van der Waals surface area (Å²) >= 11 is 3.69. The number of aromatic nitrogens is 2. The van der Waals surface area contributed by atoms with Crippen LogP contribution in [0, 0.1) is 18.8 Å². The first-order valence-corrected chi connectivity index (χ1v) is 8.79. The highest BCUT2D eigenvalue weighted by atomic mass is 79.9. The van der Waals surface area contributed by atoms with E-state index in [0.29, 0.717) is 6.04 Å². The highest BCUT2D eigenvalue weighted by Crippen LogP contribution is 2.31. The largest absolute Gasteiger partial charge is 0.308 e. The van der Waals surface area contributed by atoms with E-state index >= 15 is 0 Å². The van der Waals surface area contributed by atoms with Crippen LogP contribution in [0.15, 0.2) is 4.47 Å². The first-order chi connectivity index (χ1) is 9.54. The van der Waals surface area contributed by atoms with Gasteiger partial charge in [0.25, 0.3) is 0 Å². The minimum atomic E-state index is 0.663. The van der Waals surface area contributed by atoms with E-state index in [4.69, 9.17) is 0 Å². The molecular weight excluding hydrogens is 314 g/mol. The van der Waals surface area contributed by atoms with E-state index in [1.165, 1.54) is 35.8 Å². The van der Waals surface area contributed by atoms with E-state index < -0.39 is 0 Å². The second-order valence-electron chi connectivity index (χ2n) is 6.34. The van der Waals surface area contributed by atoms with Crippen molar-refractivity contribution in [1.29, 1.82) is 0 Å². The molecule has 1 aliphatic rings. The second kappa shape index (κ2) is 7.08. The van der Waals surface area contributed by atoms with Crippen molar-refractivity contribution in [1.82, 2.24) is 15.1 Å². The molecule has 1 N–H and O–H groups in total. The van der Waals surface area contributed by atoms with Crippen molar-refractivity contribution in [2.24, 2.45) is 11.8 Å². The minimum absolute atomic E-state index is 0.663. The summed E-state index contributed by atoms with van der Waals surface area (Å²) in [6.45, 7) is 10.8. The van der Waals surface area contributed by atoms with Crippen LogP contribution in [0.2, 0.25) is 0 Å². The molecule has 114 valence electrons. The van der Waals surface area contributed by atoms with Gasteiger partial charge in [-0.3, -0.25) is 4.68 Å². The Labute approximate surface area is 131 Å². The van der Waals surface area contributed by atoms with E-state index in [2.05, 4.69) is 58.7 Å². The monoisotopic (exact) mass is 341 g/mol.